The molecule has 20 heavy (non-hydrogen) atoms. The number of halogens is 1. The van der Waals surface area contributed by atoms with Gasteiger partial charge in [0, 0.05) is 29.1 Å². The number of carboxylic acids is 1. The van der Waals surface area contributed by atoms with E-state index in [-0.39, 0.29) is 6.42 Å². The van der Waals surface area contributed by atoms with Crippen LogP contribution in [-0.2, 0) is 11.2 Å². The number of carbonyl (C=O) groups is 1. The van der Waals surface area contributed by atoms with E-state index < -0.39 is 12.0 Å². The molecule has 0 bridgehead atoms. The summed E-state index contributed by atoms with van der Waals surface area (Å²) in [5.41, 5.74) is 7.68. The van der Waals surface area contributed by atoms with E-state index in [1.54, 1.807) is 13.2 Å². The molecule has 0 saturated heterocycles. The average Bonchev–Trinajstić information content (AvgIpc) is 2.42. The molecule has 0 aliphatic rings. The number of nitrogens with two attached hydrogens (primary N) is 1. The van der Waals surface area contributed by atoms with Gasteiger partial charge in [0.1, 0.15) is 0 Å². The van der Waals surface area contributed by atoms with Gasteiger partial charge < -0.3 is 20.3 Å². The molecule has 1 aromatic carbocycles. The summed E-state index contributed by atoms with van der Waals surface area (Å²) < 4.78 is 10.6. The average molecular weight is 302 g/mol. The zero-order valence-electron chi connectivity index (χ0n) is 11.9. The molecule has 6 heteroatoms. The smallest absolute Gasteiger partial charge is 0.303 e. The molecule has 0 radical (unpaired) electrons. The van der Waals surface area contributed by atoms with E-state index in [4.69, 9.17) is 31.9 Å². The van der Waals surface area contributed by atoms with E-state index in [1.807, 2.05) is 6.92 Å². The first-order valence-electron chi connectivity index (χ1n) is 6.36. The summed E-state index contributed by atoms with van der Waals surface area (Å²) in [6.07, 6.45) is 0.975. The topological polar surface area (TPSA) is 81.8 Å². The second-order valence-electron chi connectivity index (χ2n) is 4.38. The molecule has 0 saturated carbocycles. The molecule has 0 amide bonds. The lowest BCUT2D eigenvalue weighted by molar-refractivity contribution is -0.137. The van der Waals surface area contributed by atoms with Gasteiger partial charge in [0.2, 0.25) is 0 Å². The summed E-state index contributed by atoms with van der Waals surface area (Å²) >= 11 is 6.27. The maximum atomic E-state index is 10.7. The molecule has 0 spiro atoms. The fraction of sp³-hybridized carbons (Fsp3) is 0.500. The van der Waals surface area contributed by atoms with Crippen molar-refractivity contribution in [3.63, 3.8) is 0 Å². The fourth-order valence-electron chi connectivity index (χ4n) is 2.22. The highest BCUT2D eigenvalue weighted by Gasteiger charge is 2.22. The molecule has 1 atom stereocenters. The van der Waals surface area contributed by atoms with E-state index in [0.29, 0.717) is 29.4 Å². The Kier molecular flexibility index (Phi) is 6.10. The van der Waals surface area contributed by atoms with Crippen molar-refractivity contribution >= 4 is 17.6 Å². The van der Waals surface area contributed by atoms with Crippen LogP contribution in [0, 0.1) is 0 Å². The molecular formula is C14H20ClNO4. The van der Waals surface area contributed by atoms with Gasteiger partial charge in [-0.15, -0.1) is 0 Å². The molecule has 0 heterocycles. The summed E-state index contributed by atoms with van der Waals surface area (Å²) in [5, 5.41) is 9.22. The van der Waals surface area contributed by atoms with Crippen molar-refractivity contribution in [3.8, 4) is 11.5 Å². The lowest BCUT2D eigenvalue weighted by Crippen LogP contribution is -2.16. The van der Waals surface area contributed by atoms with Gasteiger partial charge in [-0.2, -0.15) is 0 Å². The van der Waals surface area contributed by atoms with Crippen molar-refractivity contribution in [1.82, 2.24) is 0 Å². The Morgan fingerprint density at radius 2 is 2.10 bits per heavy atom. The van der Waals surface area contributed by atoms with Crippen molar-refractivity contribution in [1.29, 1.82) is 0 Å². The minimum atomic E-state index is -0.880. The third-order valence-corrected chi connectivity index (χ3v) is 3.47. The SMILES string of the molecule is CCc1c(OC)c(OC)cc(Cl)c1C(N)CCC(=O)O. The van der Waals surface area contributed by atoms with Gasteiger partial charge in [-0.05, 0) is 18.4 Å². The first kappa shape index (κ1) is 16.6. The number of aliphatic carboxylic acids is 1. The Balaban J connectivity index is 3.27. The van der Waals surface area contributed by atoms with Gasteiger partial charge in [-0.3, -0.25) is 4.79 Å². The molecule has 1 rings (SSSR count). The predicted octanol–water partition coefficient (Wildman–Crippen LogP) is 2.78. The van der Waals surface area contributed by atoms with Crippen LogP contribution in [0.4, 0.5) is 0 Å². The maximum Gasteiger partial charge on any atom is 0.303 e. The highest BCUT2D eigenvalue weighted by molar-refractivity contribution is 6.31. The van der Waals surface area contributed by atoms with E-state index in [2.05, 4.69) is 0 Å². The molecule has 1 aromatic rings. The zero-order valence-corrected chi connectivity index (χ0v) is 12.7. The predicted molar refractivity (Wildman–Crippen MR) is 77.7 cm³/mol. The summed E-state index contributed by atoms with van der Waals surface area (Å²) in [5.74, 6) is 0.263. The summed E-state index contributed by atoms with van der Waals surface area (Å²) in [6.45, 7) is 1.96. The van der Waals surface area contributed by atoms with Crippen LogP contribution in [0.25, 0.3) is 0 Å². The van der Waals surface area contributed by atoms with Gasteiger partial charge in [0.05, 0.1) is 14.2 Å². The van der Waals surface area contributed by atoms with Gasteiger partial charge in [-0.25, -0.2) is 0 Å². The molecule has 5 nitrogen and oxygen atoms in total. The van der Waals surface area contributed by atoms with Gasteiger partial charge >= 0.3 is 5.97 Å². The highest BCUT2D eigenvalue weighted by atomic mass is 35.5. The van der Waals surface area contributed by atoms with Crippen molar-refractivity contribution in [3.05, 3.63) is 22.2 Å². The Morgan fingerprint density at radius 1 is 1.45 bits per heavy atom. The second kappa shape index (κ2) is 7.36. The normalized spacial score (nSPS) is 12.1. The van der Waals surface area contributed by atoms with E-state index >= 15 is 0 Å². The first-order chi connectivity index (χ1) is 9.46. The maximum absolute atomic E-state index is 10.7. The molecule has 3 N–H and O–H groups in total. The van der Waals surface area contributed by atoms with Crippen molar-refractivity contribution < 1.29 is 19.4 Å². The van der Waals surface area contributed by atoms with E-state index in [9.17, 15) is 4.79 Å². The monoisotopic (exact) mass is 301 g/mol. The number of carboxylic acid groups (broad SMARTS) is 1. The summed E-state index contributed by atoms with van der Waals surface area (Å²) in [6, 6.07) is 1.20. The lowest BCUT2D eigenvalue weighted by atomic mass is 9.94. The Labute approximate surface area is 123 Å². The van der Waals surface area contributed by atoms with E-state index in [0.717, 1.165) is 11.1 Å². The van der Waals surface area contributed by atoms with Gasteiger partial charge in [0.15, 0.2) is 11.5 Å². The van der Waals surface area contributed by atoms with Crippen LogP contribution >= 0.6 is 11.6 Å². The summed E-state index contributed by atoms with van der Waals surface area (Å²) in [7, 11) is 3.09. The van der Waals surface area contributed by atoms with Crippen molar-refractivity contribution in [2.24, 2.45) is 5.73 Å². The fourth-order valence-corrected chi connectivity index (χ4v) is 2.58. The van der Waals surface area contributed by atoms with Crippen LogP contribution in [0.1, 0.15) is 36.9 Å². The number of benzene rings is 1. The molecule has 1 unspecified atom stereocenters. The van der Waals surface area contributed by atoms with Gasteiger partial charge in [0.25, 0.3) is 0 Å². The standard InChI is InChI=1S/C14H20ClNO4/c1-4-8-13(10(16)5-6-12(17)18)9(15)7-11(19-2)14(8)20-3/h7,10H,4-6,16H2,1-3H3,(H,17,18). The summed E-state index contributed by atoms with van der Waals surface area (Å²) in [4.78, 5) is 10.7. The van der Waals surface area contributed by atoms with Crippen molar-refractivity contribution in [2.45, 2.75) is 32.2 Å². The van der Waals surface area contributed by atoms with Crippen LogP contribution in [0.5, 0.6) is 11.5 Å². The van der Waals surface area contributed by atoms with Crippen LogP contribution in [0.15, 0.2) is 6.07 Å². The molecule has 112 valence electrons. The minimum Gasteiger partial charge on any atom is -0.493 e. The Bertz CT molecular complexity index is 491. The van der Waals surface area contributed by atoms with Crippen LogP contribution in [-0.4, -0.2) is 25.3 Å². The number of hydrogen-bond donors (Lipinski definition) is 2. The minimum absolute atomic E-state index is 0.00497. The number of ether oxygens (including phenoxy) is 2. The van der Waals surface area contributed by atoms with Crippen LogP contribution in [0.3, 0.4) is 0 Å². The number of rotatable bonds is 7. The number of hydrogen-bond acceptors (Lipinski definition) is 4. The van der Waals surface area contributed by atoms with Crippen molar-refractivity contribution in [2.75, 3.05) is 14.2 Å². The van der Waals surface area contributed by atoms with Crippen LogP contribution in [0.2, 0.25) is 5.02 Å². The molecular weight excluding hydrogens is 282 g/mol. The van der Waals surface area contributed by atoms with Crippen LogP contribution < -0.4 is 15.2 Å². The molecule has 0 aliphatic heterocycles. The molecule has 0 aliphatic carbocycles. The largest absolute Gasteiger partial charge is 0.493 e. The van der Waals surface area contributed by atoms with E-state index in [1.165, 1.54) is 7.11 Å². The highest BCUT2D eigenvalue weighted by Crippen LogP contribution is 2.41. The molecule has 0 fully saturated rings. The lowest BCUT2D eigenvalue weighted by Gasteiger charge is -2.21. The quantitative estimate of drug-likeness (QED) is 0.809. The third-order valence-electron chi connectivity index (χ3n) is 3.16. The Morgan fingerprint density at radius 3 is 2.55 bits per heavy atom. The second-order valence-corrected chi connectivity index (χ2v) is 4.79. The zero-order chi connectivity index (χ0) is 15.3. The third kappa shape index (κ3) is 3.55. The Hall–Kier alpha value is -1.46. The van der Waals surface area contributed by atoms with Gasteiger partial charge in [-0.1, -0.05) is 18.5 Å². The molecule has 0 aromatic heterocycles. The first-order valence-corrected chi connectivity index (χ1v) is 6.74. The number of methoxy groups -OCH3 is 2.